The van der Waals surface area contributed by atoms with Crippen LogP contribution in [0.4, 0.5) is 10.7 Å². The van der Waals surface area contributed by atoms with Crippen LogP contribution in [0, 0.1) is 16.7 Å². The lowest BCUT2D eigenvalue weighted by atomic mass is 10.3. The first kappa shape index (κ1) is 16.5. The van der Waals surface area contributed by atoms with Crippen molar-refractivity contribution >= 4 is 43.6 Å². The van der Waals surface area contributed by atoms with Crippen molar-refractivity contribution in [3.8, 4) is 6.07 Å². The maximum absolute atomic E-state index is 12.2. The molecule has 5 N–H and O–H groups in total. The molecule has 0 aliphatic rings. The van der Waals surface area contributed by atoms with Crippen LogP contribution in [0.5, 0.6) is 0 Å². The zero-order valence-electron chi connectivity index (χ0n) is 11.6. The van der Waals surface area contributed by atoms with Crippen LogP contribution in [0.25, 0.3) is 0 Å². The summed E-state index contributed by atoms with van der Waals surface area (Å²) in [6.07, 6.45) is 0. The van der Waals surface area contributed by atoms with Crippen molar-refractivity contribution in [3.63, 3.8) is 0 Å². The molecule has 0 bridgehead atoms. The zero-order chi connectivity index (χ0) is 16.9. The second-order valence-electron chi connectivity index (χ2n) is 4.20. The van der Waals surface area contributed by atoms with Crippen molar-refractivity contribution in [2.45, 2.75) is 4.90 Å². The van der Waals surface area contributed by atoms with E-state index in [1.54, 1.807) is 23.6 Å². The van der Waals surface area contributed by atoms with E-state index in [0.29, 0.717) is 10.7 Å². The molecule has 0 atom stereocenters. The summed E-state index contributed by atoms with van der Waals surface area (Å²) >= 11 is 1.28. The van der Waals surface area contributed by atoms with Gasteiger partial charge in [-0.15, -0.1) is 11.3 Å². The van der Waals surface area contributed by atoms with Crippen molar-refractivity contribution in [3.05, 3.63) is 41.8 Å². The van der Waals surface area contributed by atoms with E-state index in [-0.39, 0.29) is 10.6 Å². The first-order chi connectivity index (χ1) is 10.9. The second kappa shape index (κ2) is 6.91. The van der Waals surface area contributed by atoms with Gasteiger partial charge in [-0.2, -0.15) is 10.4 Å². The number of hydrogen-bond acceptors (Lipinski definition) is 7. The third-order valence-electron chi connectivity index (χ3n) is 2.58. The Bertz CT molecular complexity index is 864. The van der Waals surface area contributed by atoms with Crippen LogP contribution in [-0.2, 0) is 10.0 Å². The number of hydrazone groups is 1. The molecule has 0 unspecified atom stereocenters. The summed E-state index contributed by atoms with van der Waals surface area (Å²) in [5.41, 5.74) is 7.88. The lowest BCUT2D eigenvalue weighted by molar-refractivity contribution is 0.601. The van der Waals surface area contributed by atoms with Crippen LogP contribution in [0.1, 0.15) is 0 Å². The second-order valence-corrected chi connectivity index (χ2v) is 6.83. The van der Waals surface area contributed by atoms with Crippen molar-refractivity contribution in [2.24, 2.45) is 10.8 Å². The fourth-order valence-electron chi connectivity index (χ4n) is 1.50. The maximum Gasteiger partial charge on any atom is 0.262 e. The van der Waals surface area contributed by atoms with Crippen LogP contribution in [0.2, 0.25) is 0 Å². The van der Waals surface area contributed by atoms with Gasteiger partial charge in [0.05, 0.1) is 10.6 Å². The van der Waals surface area contributed by atoms with Gasteiger partial charge in [0.25, 0.3) is 10.0 Å². The van der Waals surface area contributed by atoms with E-state index in [1.165, 1.54) is 35.6 Å². The number of thiophene rings is 1. The van der Waals surface area contributed by atoms with Crippen molar-refractivity contribution in [2.75, 3.05) is 10.1 Å². The molecule has 0 saturated heterocycles. The number of amidine groups is 1. The quantitative estimate of drug-likeness (QED) is 0.357. The average Bonchev–Trinajstić information content (AvgIpc) is 3.00. The molecule has 1 aromatic heterocycles. The highest BCUT2D eigenvalue weighted by Gasteiger charge is 2.14. The fraction of sp³-hybridized carbons (Fsp3) is 0. The van der Waals surface area contributed by atoms with E-state index in [0.717, 1.165) is 0 Å². The van der Waals surface area contributed by atoms with Crippen LogP contribution >= 0.6 is 11.3 Å². The summed E-state index contributed by atoms with van der Waals surface area (Å²) in [5, 5.41) is 21.8. The number of nitriles is 1. The zero-order valence-corrected chi connectivity index (χ0v) is 13.3. The number of sulfonamides is 1. The molecule has 0 aliphatic heterocycles. The Morgan fingerprint density at radius 2 is 2.00 bits per heavy atom. The summed E-state index contributed by atoms with van der Waals surface area (Å²) in [6.45, 7) is 0. The van der Waals surface area contributed by atoms with Gasteiger partial charge in [-0.05, 0) is 41.8 Å². The number of hydrogen-bond donors (Lipinski definition) is 4. The van der Waals surface area contributed by atoms with Gasteiger partial charge in [0.2, 0.25) is 5.71 Å². The highest BCUT2D eigenvalue weighted by molar-refractivity contribution is 7.93. The summed E-state index contributed by atoms with van der Waals surface area (Å²) in [5.74, 6) is -0.459. The van der Waals surface area contributed by atoms with Gasteiger partial charge in [0.1, 0.15) is 11.1 Å². The van der Waals surface area contributed by atoms with Crippen molar-refractivity contribution < 1.29 is 8.42 Å². The highest BCUT2D eigenvalue weighted by atomic mass is 32.2. The minimum atomic E-state index is -3.66. The summed E-state index contributed by atoms with van der Waals surface area (Å²) in [7, 11) is -3.66. The van der Waals surface area contributed by atoms with Gasteiger partial charge in [-0.3, -0.25) is 15.6 Å². The van der Waals surface area contributed by atoms with Gasteiger partial charge in [-0.25, -0.2) is 8.42 Å². The van der Waals surface area contributed by atoms with E-state index in [2.05, 4.69) is 15.2 Å². The minimum absolute atomic E-state index is 0.0903. The van der Waals surface area contributed by atoms with Gasteiger partial charge in [0.15, 0.2) is 5.84 Å². The third kappa shape index (κ3) is 4.29. The number of benzene rings is 1. The number of nitrogens with zero attached hydrogens (tertiary/aromatic N) is 2. The van der Waals surface area contributed by atoms with Crippen LogP contribution in [0.3, 0.4) is 0 Å². The molecule has 1 aromatic carbocycles. The highest BCUT2D eigenvalue weighted by Crippen LogP contribution is 2.21. The van der Waals surface area contributed by atoms with Crippen LogP contribution in [0.15, 0.2) is 51.8 Å². The Morgan fingerprint density at radius 1 is 1.30 bits per heavy atom. The number of nitrogens with one attached hydrogen (secondary N) is 3. The Labute approximate surface area is 136 Å². The molecular weight excluding hydrogens is 336 g/mol. The molecule has 0 saturated carbocycles. The number of anilines is 2. The monoisotopic (exact) mass is 348 g/mol. The number of nitrogens with two attached hydrogens (primary N) is 1. The molecule has 2 rings (SSSR count). The molecule has 0 fully saturated rings. The summed E-state index contributed by atoms with van der Waals surface area (Å²) < 4.78 is 26.8. The van der Waals surface area contributed by atoms with Crippen LogP contribution in [-0.4, -0.2) is 20.0 Å². The molecule has 0 radical (unpaired) electrons. The van der Waals surface area contributed by atoms with E-state index in [1.807, 2.05) is 0 Å². The van der Waals surface area contributed by atoms with Gasteiger partial charge in [-0.1, -0.05) is 0 Å². The normalized spacial score (nSPS) is 11.5. The predicted octanol–water partition coefficient (Wildman–Crippen LogP) is 1.78. The molecular formula is C13H12N6O2S2. The van der Waals surface area contributed by atoms with Crippen LogP contribution < -0.4 is 15.9 Å². The lowest BCUT2D eigenvalue weighted by Gasteiger charge is -2.07. The van der Waals surface area contributed by atoms with E-state index < -0.39 is 15.9 Å². The van der Waals surface area contributed by atoms with Gasteiger partial charge in [0, 0.05) is 0 Å². The van der Waals surface area contributed by atoms with Gasteiger partial charge < -0.3 is 5.73 Å². The van der Waals surface area contributed by atoms with E-state index in [4.69, 9.17) is 16.4 Å². The Kier molecular flexibility index (Phi) is 4.95. The molecule has 2 aromatic rings. The largest absolute Gasteiger partial charge is 0.382 e. The Morgan fingerprint density at radius 3 is 2.52 bits per heavy atom. The molecule has 23 heavy (non-hydrogen) atoms. The first-order valence-electron chi connectivity index (χ1n) is 6.17. The Balaban J connectivity index is 2.13. The van der Waals surface area contributed by atoms with E-state index in [9.17, 15) is 8.42 Å². The molecule has 0 aliphatic carbocycles. The molecule has 1 heterocycles. The van der Waals surface area contributed by atoms with Crippen molar-refractivity contribution in [1.82, 2.24) is 0 Å². The molecule has 10 heteroatoms. The van der Waals surface area contributed by atoms with E-state index >= 15 is 0 Å². The first-order valence-corrected chi connectivity index (χ1v) is 8.53. The standard InChI is InChI=1S/C13H12N6O2S2/c14-8-11(13(15)16)18-17-9-3-5-10(6-4-9)23(20,21)19-12-2-1-7-22-12/h1-7,17,19H,(H3,15,16)/b18-11+. The molecule has 118 valence electrons. The topological polar surface area (TPSA) is 144 Å². The smallest absolute Gasteiger partial charge is 0.262 e. The Hall–Kier alpha value is -2.90. The minimum Gasteiger partial charge on any atom is -0.382 e. The lowest BCUT2D eigenvalue weighted by Crippen LogP contribution is -2.21. The van der Waals surface area contributed by atoms with Gasteiger partial charge >= 0.3 is 0 Å². The predicted molar refractivity (Wildman–Crippen MR) is 90.2 cm³/mol. The summed E-state index contributed by atoms with van der Waals surface area (Å²) in [4.78, 5) is 0.0903. The average molecular weight is 348 g/mol. The SMILES string of the molecule is N#C/C(=N\Nc1ccc(S(=O)(=O)Nc2cccs2)cc1)C(=N)N. The van der Waals surface area contributed by atoms with Crippen molar-refractivity contribution in [1.29, 1.82) is 10.7 Å². The molecule has 8 nitrogen and oxygen atoms in total. The number of rotatable bonds is 6. The third-order valence-corrected chi connectivity index (χ3v) is 4.87. The molecule has 0 spiro atoms. The molecule has 0 amide bonds. The fourth-order valence-corrected chi connectivity index (χ4v) is 3.43. The maximum atomic E-state index is 12.2. The summed E-state index contributed by atoms with van der Waals surface area (Å²) in [6, 6.07) is 10.8.